The highest BCUT2D eigenvalue weighted by molar-refractivity contribution is 6.29. The van der Waals surface area contributed by atoms with E-state index in [-0.39, 0.29) is 0 Å². The molecule has 1 aromatic heterocycles. The fourth-order valence-corrected chi connectivity index (χ4v) is 1.78. The zero-order valence-corrected chi connectivity index (χ0v) is 11.4. The topological polar surface area (TPSA) is 25.4 Å². The van der Waals surface area contributed by atoms with Crippen molar-refractivity contribution in [2.24, 2.45) is 11.8 Å². The summed E-state index contributed by atoms with van der Waals surface area (Å²) < 4.78 is 5.60. The maximum Gasteiger partial charge on any atom is 0.142 e. The van der Waals surface area contributed by atoms with Gasteiger partial charge in [0.05, 0.1) is 6.20 Å². The van der Waals surface area contributed by atoms with Crippen LogP contribution in [0.2, 0.25) is 5.15 Å². The lowest BCUT2D eigenvalue weighted by Gasteiger charge is -2.35. The SMILES string of the molecule is CC(C)C#CC1CN(COc2ccc(Cl)nc2)C1. The van der Waals surface area contributed by atoms with Crippen molar-refractivity contribution >= 4 is 11.6 Å². The largest absolute Gasteiger partial charge is 0.477 e. The Morgan fingerprint density at radius 2 is 2.28 bits per heavy atom. The summed E-state index contributed by atoms with van der Waals surface area (Å²) in [4.78, 5) is 6.18. The van der Waals surface area contributed by atoms with Crippen LogP contribution < -0.4 is 4.74 Å². The third-order valence-corrected chi connectivity index (χ3v) is 2.87. The summed E-state index contributed by atoms with van der Waals surface area (Å²) in [6.07, 6.45) is 1.64. The molecule has 1 saturated heterocycles. The number of hydrogen-bond acceptors (Lipinski definition) is 3. The van der Waals surface area contributed by atoms with Gasteiger partial charge >= 0.3 is 0 Å². The second-order valence-corrected chi connectivity index (χ2v) is 5.15. The summed E-state index contributed by atoms with van der Waals surface area (Å²) in [5, 5.41) is 0.482. The van der Waals surface area contributed by atoms with Gasteiger partial charge in [0.15, 0.2) is 0 Å². The molecular weight excluding hydrogens is 248 g/mol. The van der Waals surface area contributed by atoms with Gasteiger partial charge in [0.1, 0.15) is 17.6 Å². The van der Waals surface area contributed by atoms with Crippen LogP contribution in [0.15, 0.2) is 18.3 Å². The third kappa shape index (κ3) is 3.90. The van der Waals surface area contributed by atoms with Crippen molar-refractivity contribution < 1.29 is 4.74 Å². The summed E-state index contributed by atoms with van der Waals surface area (Å²) in [6.45, 7) is 6.78. The Morgan fingerprint density at radius 1 is 1.50 bits per heavy atom. The molecule has 1 aromatic rings. The first-order valence-electron chi connectivity index (χ1n) is 6.11. The summed E-state index contributed by atoms with van der Waals surface area (Å²) in [7, 11) is 0. The number of rotatable bonds is 3. The highest BCUT2D eigenvalue weighted by atomic mass is 35.5. The Hall–Kier alpha value is -1.24. The molecule has 0 bridgehead atoms. The van der Waals surface area contributed by atoms with E-state index < -0.39 is 0 Å². The van der Waals surface area contributed by atoms with Gasteiger partial charge in [-0.3, -0.25) is 4.90 Å². The van der Waals surface area contributed by atoms with Gasteiger partial charge in [0.25, 0.3) is 0 Å². The van der Waals surface area contributed by atoms with Crippen LogP contribution in [0, 0.1) is 23.7 Å². The minimum Gasteiger partial charge on any atom is -0.477 e. The second-order valence-electron chi connectivity index (χ2n) is 4.77. The molecular formula is C14H17ClN2O. The summed E-state index contributed by atoms with van der Waals surface area (Å²) in [5.74, 6) is 8.18. The van der Waals surface area contributed by atoms with Crippen LogP contribution in [-0.2, 0) is 0 Å². The fraction of sp³-hybridized carbons (Fsp3) is 0.500. The number of hydrogen-bond donors (Lipinski definition) is 0. The van der Waals surface area contributed by atoms with Gasteiger partial charge in [0, 0.05) is 24.9 Å². The number of likely N-dealkylation sites (tertiary alicyclic amines) is 1. The van der Waals surface area contributed by atoms with Crippen LogP contribution in [-0.4, -0.2) is 29.7 Å². The number of aromatic nitrogens is 1. The van der Waals surface area contributed by atoms with Crippen molar-refractivity contribution in [3.63, 3.8) is 0 Å². The molecule has 0 radical (unpaired) electrons. The lowest BCUT2D eigenvalue weighted by Crippen LogP contribution is -2.47. The quantitative estimate of drug-likeness (QED) is 0.620. The molecule has 0 spiro atoms. The molecule has 0 aromatic carbocycles. The average Bonchev–Trinajstić information content (AvgIpc) is 2.28. The van der Waals surface area contributed by atoms with Crippen molar-refractivity contribution in [3.8, 4) is 17.6 Å². The van der Waals surface area contributed by atoms with E-state index in [1.165, 1.54) is 0 Å². The number of pyridine rings is 1. The lowest BCUT2D eigenvalue weighted by atomic mass is 10.0. The van der Waals surface area contributed by atoms with Crippen LogP contribution in [0.4, 0.5) is 0 Å². The van der Waals surface area contributed by atoms with Crippen LogP contribution >= 0.6 is 11.6 Å². The minimum absolute atomic E-state index is 0.454. The second kappa shape index (κ2) is 6.08. The van der Waals surface area contributed by atoms with E-state index in [9.17, 15) is 0 Å². The molecule has 1 aliphatic heterocycles. The van der Waals surface area contributed by atoms with Gasteiger partial charge in [0.2, 0.25) is 0 Å². The van der Waals surface area contributed by atoms with Crippen molar-refractivity contribution in [2.45, 2.75) is 13.8 Å². The van der Waals surface area contributed by atoms with Crippen LogP contribution in [0.3, 0.4) is 0 Å². The molecule has 96 valence electrons. The van der Waals surface area contributed by atoms with Gasteiger partial charge in [-0.15, -0.1) is 5.92 Å². The van der Waals surface area contributed by atoms with E-state index in [4.69, 9.17) is 16.3 Å². The van der Waals surface area contributed by atoms with Crippen molar-refractivity contribution in [1.29, 1.82) is 0 Å². The lowest BCUT2D eigenvalue weighted by molar-refractivity contribution is 0.0466. The van der Waals surface area contributed by atoms with E-state index in [1.54, 1.807) is 12.3 Å². The van der Waals surface area contributed by atoms with Gasteiger partial charge < -0.3 is 4.74 Å². The number of nitrogens with zero attached hydrogens (tertiary/aromatic N) is 2. The van der Waals surface area contributed by atoms with Crippen molar-refractivity contribution in [3.05, 3.63) is 23.5 Å². The Balaban J connectivity index is 1.69. The maximum absolute atomic E-state index is 5.70. The first-order chi connectivity index (χ1) is 8.63. The molecule has 1 fully saturated rings. The standard InChI is InChI=1S/C14H17ClN2O/c1-11(2)3-4-12-8-17(9-12)10-18-13-5-6-14(15)16-7-13/h5-7,11-12H,8-10H2,1-2H3. The monoisotopic (exact) mass is 264 g/mol. The first kappa shape index (κ1) is 13.2. The van der Waals surface area contributed by atoms with E-state index in [2.05, 4.69) is 35.6 Å². The fourth-order valence-electron chi connectivity index (χ4n) is 1.66. The van der Waals surface area contributed by atoms with Crippen molar-refractivity contribution in [2.75, 3.05) is 19.8 Å². The Bertz CT molecular complexity index is 441. The van der Waals surface area contributed by atoms with E-state index in [0.29, 0.717) is 23.7 Å². The smallest absolute Gasteiger partial charge is 0.142 e. The number of ether oxygens (including phenoxy) is 1. The molecule has 2 rings (SSSR count). The van der Waals surface area contributed by atoms with Gasteiger partial charge in [-0.2, -0.15) is 0 Å². The molecule has 4 heteroatoms. The van der Waals surface area contributed by atoms with E-state index in [0.717, 1.165) is 18.8 Å². The highest BCUT2D eigenvalue weighted by Crippen LogP contribution is 2.17. The third-order valence-electron chi connectivity index (χ3n) is 2.65. The predicted octanol–water partition coefficient (Wildman–Crippen LogP) is 2.66. The maximum atomic E-state index is 5.70. The molecule has 0 amide bonds. The summed E-state index contributed by atoms with van der Waals surface area (Å²) in [5.41, 5.74) is 0. The van der Waals surface area contributed by atoms with Crippen LogP contribution in [0.25, 0.3) is 0 Å². The molecule has 0 saturated carbocycles. The predicted molar refractivity (Wildman–Crippen MR) is 72.4 cm³/mol. The van der Waals surface area contributed by atoms with E-state index in [1.807, 2.05) is 6.07 Å². The van der Waals surface area contributed by atoms with Gasteiger partial charge in [-0.1, -0.05) is 31.4 Å². The molecule has 0 unspecified atom stereocenters. The Kier molecular flexibility index (Phi) is 4.46. The molecule has 18 heavy (non-hydrogen) atoms. The molecule has 3 nitrogen and oxygen atoms in total. The van der Waals surface area contributed by atoms with Crippen molar-refractivity contribution in [1.82, 2.24) is 9.88 Å². The molecule has 0 aliphatic carbocycles. The van der Waals surface area contributed by atoms with Gasteiger partial charge in [-0.25, -0.2) is 4.98 Å². The zero-order chi connectivity index (χ0) is 13.0. The summed E-state index contributed by atoms with van der Waals surface area (Å²) in [6, 6.07) is 3.55. The Labute approximate surface area is 113 Å². The molecule has 2 heterocycles. The first-order valence-corrected chi connectivity index (χ1v) is 6.49. The van der Waals surface area contributed by atoms with E-state index >= 15 is 0 Å². The Morgan fingerprint density at radius 3 is 2.89 bits per heavy atom. The van der Waals surface area contributed by atoms with Crippen LogP contribution in [0.5, 0.6) is 5.75 Å². The van der Waals surface area contributed by atoms with Crippen LogP contribution in [0.1, 0.15) is 13.8 Å². The van der Waals surface area contributed by atoms with Gasteiger partial charge in [-0.05, 0) is 12.1 Å². The molecule has 0 N–H and O–H groups in total. The summed E-state index contributed by atoms with van der Waals surface area (Å²) >= 11 is 5.70. The number of halogens is 1. The molecule has 1 aliphatic rings. The molecule has 0 atom stereocenters. The zero-order valence-electron chi connectivity index (χ0n) is 10.7. The minimum atomic E-state index is 0.454. The normalized spacial score (nSPS) is 16.0. The average molecular weight is 265 g/mol. The highest BCUT2D eigenvalue weighted by Gasteiger charge is 2.25.